The molecule has 6 heteroatoms. The second-order valence-electron chi connectivity index (χ2n) is 2.70. The summed E-state index contributed by atoms with van der Waals surface area (Å²) in [4.78, 5) is 9.85. The van der Waals surface area contributed by atoms with Gasteiger partial charge in [0.05, 0.1) is 39.6 Å². The van der Waals surface area contributed by atoms with E-state index in [4.69, 9.17) is 19.9 Å². The zero-order chi connectivity index (χ0) is 11.2. The van der Waals surface area contributed by atoms with Crippen LogP contribution in [0, 0.1) is 0 Å². The van der Waals surface area contributed by atoms with Gasteiger partial charge in [0.2, 0.25) is 6.41 Å². The molecule has 0 saturated carbocycles. The molecule has 3 N–H and O–H groups in total. The van der Waals surface area contributed by atoms with Gasteiger partial charge in [0, 0.05) is 13.1 Å². The summed E-state index contributed by atoms with van der Waals surface area (Å²) < 4.78 is 15.5. The van der Waals surface area contributed by atoms with Crippen LogP contribution in [-0.2, 0) is 19.0 Å². The van der Waals surface area contributed by atoms with Crippen molar-refractivity contribution in [2.45, 2.75) is 0 Å². The molecule has 0 aliphatic heterocycles. The lowest BCUT2D eigenvalue weighted by Gasteiger charge is -2.05. The molecule has 0 atom stereocenters. The average molecular weight is 220 g/mol. The summed E-state index contributed by atoms with van der Waals surface area (Å²) in [7, 11) is 0. The number of hydrogen-bond acceptors (Lipinski definition) is 5. The molecule has 0 radical (unpaired) electrons. The van der Waals surface area contributed by atoms with E-state index in [2.05, 4.69) is 5.32 Å². The highest BCUT2D eigenvalue weighted by Crippen LogP contribution is 1.80. The Morgan fingerprint density at radius 2 is 1.47 bits per heavy atom. The Morgan fingerprint density at radius 1 is 0.933 bits per heavy atom. The number of carbonyl (C=O) groups is 1. The molecular weight excluding hydrogens is 200 g/mol. The molecule has 0 saturated heterocycles. The van der Waals surface area contributed by atoms with Gasteiger partial charge in [-0.25, -0.2) is 0 Å². The molecule has 6 nitrogen and oxygen atoms in total. The standard InChI is InChI=1S/C9H20N2O4/c10-1-3-13-5-7-15-8-6-14-4-2-11-9-12/h9H,1-8,10H2,(H,11,12). The van der Waals surface area contributed by atoms with Crippen LogP contribution >= 0.6 is 0 Å². The van der Waals surface area contributed by atoms with Crippen molar-refractivity contribution in [3.8, 4) is 0 Å². The van der Waals surface area contributed by atoms with Gasteiger partial charge in [0.15, 0.2) is 0 Å². The number of nitrogens with one attached hydrogen (secondary N) is 1. The van der Waals surface area contributed by atoms with Crippen molar-refractivity contribution in [1.82, 2.24) is 5.32 Å². The van der Waals surface area contributed by atoms with Crippen LogP contribution in [0.3, 0.4) is 0 Å². The maximum absolute atomic E-state index is 9.85. The molecule has 0 aromatic heterocycles. The molecule has 15 heavy (non-hydrogen) atoms. The van der Waals surface area contributed by atoms with Crippen molar-refractivity contribution >= 4 is 6.41 Å². The Labute approximate surface area is 90.1 Å². The quantitative estimate of drug-likeness (QED) is 0.317. The van der Waals surface area contributed by atoms with Gasteiger partial charge in [0.25, 0.3) is 0 Å². The van der Waals surface area contributed by atoms with Gasteiger partial charge in [-0.3, -0.25) is 4.79 Å². The number of nitrogens with two attached hydrogens (primary N) is 1. The lowest BCUT2D eigenvalue weighted by Crippen LogP contribution is -2.19. The third-order valence-electron chi connectivity index (χ3n) is 1.48. The molecule has 0 heterocycles. The number of ether oxygens (including phenoxy) is 3. The molecule has 0 aliphatic carbocycles. The topological polar surface area (TPSA) is 82.8 Å². The largest absolute Gasteiger partial charge is 0.378 e. The monoisotopic (exact) mass is 220 g/mol. The molecule has 0 fully saturated rings. The Morgan fingerprint density at radius 3 is 2.00 bits per heavy atom. The van der Waals surface area contributed by atoms with Gasteiger partial charge in [-0.1, -0.05) is 0 Å². The average Bonchev–Trinajstić information content (AvgIpc) is 2.26. The van der Waals surface area contributed by atoms with E-state index in [0.29, 0.717) is 59.1 Å². The number of rotatable bonds is 12. The van der Waals surface area contributed by atoms with Gasteiger partial charge >= 0.3 is 0 Å². The summed E-state index contributed by atoms with van der Waals surface area (Å²) in [5.41, 5.74) is 5.23. The Kier molecular flexibility index (Phi) is 12.7. The molecule has 0 aliphatic rings. The zero-order valence-corrected chi connectivity index (χ0v) is 8.94. The van der Waals surface area contributed by atoms with E-state index in [1.807, 2.05) is 0 Å². The van der Waals surface area contributed by atoms with Crippen molar-refractivity contribution < 1.29 is 19.0 Å². The van der Waals surface area contributed by atoms with Crippen molar-refractivity contribution in [2.24, 2.45) is 5.73 Å². The maximum Gasteiger partial charge on any atom is 0.207 e. The minimum atomic E-state index is 0.506. The Balaban J connectivity index is 2.83. The molecule has 90 valence electrons. The molecule has 0 aromatic rings. The van der Waals surface area contributed by atoms with E-state index in [-0.39, 0.29) is 0 Å². The van der Waals surface area contributed by atoms with E-state index in [1.54, 1.807) is 0 Å². The third-order valence-corrected chi connectivity index (χ3v) is 1.48. The number of amides is 1. The first-order valence-corrected chi connectivity index (χ1v) is 5.02. The lowest BCUT2D eigenvalue weighted by molar-refractivity contribution is -0.109. The van der Waals surface area contributed by atoms with Crippen LogP contribution in [0.15, 0.2) is 0 Å². The number of carbonyl (C=O) groups excluding carboxylic acids is 1. The van der Waals surface area contributed by atoms with Crippen LogP contribution in [0.25, 0.3) is 0 Å². The zero-order valence-electron chi connectivity index (χ0n) is 8.94. The number of hydrogen-bond donors (Lipinski definition) is 2. The molecule has 0 bridgehead atoms. The molecule has 1 amide bonds. The van der Waals surface area contributed by atoms with Gasteiger partial charge in [-0.2, -0.15) is 0 Å². The minimum absolute atomic E-state index is 0.506. The highest BCUT2D eigenvalue weighted by Gasteiger charge is 1.90. The van der Waals surface area contributed by atoms with E-state index in [1.165, 1.54) is 0 Å². The van der Waals surface area contributed by atoms with Crippen LogP contribution in [0.5, 0.6) is 0 Å². The second kappa shape index (κ2) is 13.3. The van der Waals surface area contributed by atoms with Gasteiger partial charge in [-0.05, 0) is 0 Å². The van der Waals surface area contributed by atoms with Crippen LogP contribution in [0.1, 0.15) is 0 Å². The highest BCUT2D eigenvalue weighted by molar-refractivity contribution is 5.45. The Bertz CT molecular complexity index is 135. The third kappa shape index (κ3) is 13.3. The van der Waals surface area contributed by atoms with Crippen molar-refractivity contribution in [3.05, 3.63) is 0 Å². The summed E-state index contributed by atoms with van der Waals surface area (Å²) >= 11 is 0. The summed E-state index contributed by atoms with van der Waals surface area (Å²) in [6, 6.07) is 0. The first kappa shape index (κ1) is 14.3. The van der Waals surface area contributed by atoms with Crippen molar-refractivity contribution in [1.29, 1.82) is 0 Å². The summed E-state index contributed by atoms with van der Waals surface area (Å²) in [6.45, 7) is 4.31. The SMILES string of the molecule is NCCOCCOCCOCCNC=O. The predicted molar refractivity (Wildman–Crippen MR) is 55.6 cm³/mol. The van der Waals surface area contributed by atoms with Crippen LogP contribution in [0.4, 0.5) is 0 Å². The predicted octanol–water partition coefficient (Wildman–Crippen LogP) is -1.26. The van der Waals surface area contributed by atoms with Gasteiger partial charge in [-0.15, -0.1) is 0 Å². The highest BCUT2D eigenvalue weighted by atomic mass is 16.5. The van der Waals surface area contributed by atoms with E-state index in [9.17, 15) is 4.79 Å². The fraction of sp³-hybridized carbons (Fsp3) is 0.889. The fourth-order valence-electron chi connectivity index (χ4n) is 0.815. The van der Waals surface area contributed by atoms with Crippen molar-refractivity contribution in [3.63, 3.8) is 0 Å². The second-order valence-corrected chi connectivity index (χ2v) is 2.70. The smallest absolute Gasteiger partial charge is 0.207 e. The maximum atomic E-state index is 9.85. The normalized spacial score (nSPS) is 10.2. The Hall–Kier alpha value is -0.690. The first-order chi connectivity index (χ1) is 7.41. The van der Waals surface area contributed by atoms with Crippen LogP contribution in [0.2, 0.25) is 0 Å². The molecule has 0 spiro atoms. The summed E-state index contributed by atoms with van der Waals surface area (Å²) in [5, 5.41) is 2.50. The van der Waals surface area contributed by atoms with Gasteiger partial charge in [0.1, 0.15) is 0 Å². The van der Waals surface area contributed by atoms with E-state index in [0.717, 1.165) is 0 Å². The summed E-state index contributed by atoms with van der Waals surface area (Å²) in [5.74, 6) is 0. The van der Waals surface area contributed by atoms with Crippen molar-refractivity contribution in [2.75, 3.05) is 52.7 Å². The molecule has 0 rings (SSSR count). The molecular formula is C9H20N2O4. The van der Waals surface area contributed by atoms with Crippen LogP contribution in [-0.4, -0.2) is 59.1 Å². The molecule has 0 aromatic carbocycles. The fourth-order valence-corrected chi connectivity index (χ4v) is 0.815. The summed E-state index contributed by atoms with van der Waals surface area (Å²) in [6.07, 6.45) is 0.647. The van der Waals surface area contributed by atoms with Crippen LogP contribution < -0.4 is 11.1 Å². The van der Waals surface area contributed by atoms with E-state index >= 15 is 0 Å². The minimum Gasteiger partial charge on any atom is -0.378 e. The molecule has 0 unspecified atom stereocenters. The van der Waals surface area contributed by atoms with E-state index < -0.39 is 0 Å². The lowest BCUT2D eigenvalue weighted by atomic mass is 10.6. The first-order valence-electron chi connectivity index (χ1n) is 5.02. The van der Waals surface area contributed by atoms with Gasteiger partial charge < -0.3 is 25.3 Å².